The average molecular weight is 399 g/mol. The predicted molar refractivity (Wildman–Crippen MR) is 99.4 cm³/mol. The minimum absolute atomic E-state index is 0.805. The van der Waals surface area contributed by atoms with E-state index in [0.29, 0.717) is 0 Å². The van der Waals surface area contributed by atoms with Crippen molar-refractivity contribution in [2.45, 2.75) is 0 Å². The Hall–Kier alpha value is -2.14. The molecule has 0 bridgehead atoms. The molecule has 108 valence electrons. The van der Waals surface area contributed by atoms with E-state index in [1.54, 1.807) is 0 Å². The molecule has 0 heterocycles. The summed E-state index contributed by atoms with van der Waals surface area (Å²) in [4.78, 5) is 4.50. The van der Waals surface area contributed by atoms with Crippen LogP contribution in [0.2, 0.25) is 0 Å². The fraction of sp³-hybridized carbons (Fsp3) is 0. The molecular formula is C19H14INO. The van der Waals surface area contributed by atoms with Crippen molar-refractivity contribution in [3.8, 4) is 11.5 Å². The molecule has 2 nitrogen and oxygen atoms in total. The van der Waals surface area contributed by atoms with E-state index >= 15 is 0 Å². The van der Waals surface area contributed by atoms with Gasteiger partial charge in [-0.25, -0.2) is 0 Å². The fourth-order valence-electron chi connectivity index (χ4n) is 1.95. The van der Waals surface area contributed by atoms with Crippen molar-refractivity contribution in [1.29, 1.82) is 0 Å². The summed E-state index contributed by atoms with van der Waals surface area (Å²) >= 11 is 2.31. The van der Waals surface area contributed by atoms with Crippen molar-refractivity contribution in [3.63, 3.8) is 0 Å². The third-order valence-electron chi connectivity index (χ3n) is 3.07. The second-order valence-electron chi connectivity index (χ2n) is 4.69. The normalized spacial score (nSPS) is 10.8. The van der Waals surface area contributed by atoms with E-state index in [1.165, 1.54) is 3.57 Å². The van der Waals surface area contributed by atoms with Crippen LogP contribution >= 0.6 is 22.6 Å². The molecule has 0 aliphatic carbocycles. The van der Waals surface area contributed by atoms with Crippen molar-refractivity contribution < 1.29 is 4.74 Å². The summed E-state index contributed by atoms with van der Waals surface area (Å²) in [6.07, 6.45) is 1.88. The number of aliphatic imine (C=N–C) groups is 1. The van der Waals surface area contributed by atoms with E-state index in [0.717, 1.165) is 22.7 Å². The van der Waals surface area contributed by atoms with Crippen LogP contribution in [0.4, 0.5) is 5.69 Å². The lowest BCUT2D eigenvalue weighted by Gasteiger charge is -2.05. The zero-order chi connectivity index (χ0) is 15.2. The number of rotatable bonds is 4. The molecule has 3 aromatic rings. The highest BCUT2D eigenvalue weighted by Gasteiger charge is 1.97. The minimum Gasteiger partial charge on any atom is -0.457 e. The molecule has 0 saturated heterocycles. The molecule has 0 aromatic heterocycles. The van der Waals surface area contributed by atoms with Gasteiger partial charge in [0.05, 0.1) is 5.69 Å². The molecule has 3 heteroatoms. The van der Waals surface area contributed by atoms with Crippen LogP contribution in [0.3, 0.4) is 0 Å². The lowest BCUT2D eigenvalue weighted by Crippen LogP contribution is -1.85. The van der Waals surface area contributed by atoms with Gasteiger partial charge in [0.25, 0.3) is 0 Å². The van der Waals surface area contributed by atoms with Gasteiger partial charge in [-0.15, -0.1) is 0 Å². The maximum Gasteiger partial charge on any atom is 0.127 e. The average Bonchev–Trinajstić information content (AvgIpc) is 2.56. The molecule has 0 N–H and O–H groups in total. The van der Waals surface area contributed by atoms with Crippen LogP contribution < -0.4 is 4.74 Å². The van der Waals surface area contributed by atoms with Crippen molar-refractivity contribution in [3.05, 3.63) is 88.0 Å². The van der Waals surface area contributed by atoms with Gasteiger partial charge in [0.15, 0.2) is 0 Å². The van der Waals surface area contributed by atoms with E-state index < -0.39 is 0 Å². The smallest absolute Gasteiger partial charge is 0.127 e. The number of hydrogen-bond donors (Lipinski definition) is 0. The number of ether oxygens (including phenoxy) is 1. The topological polar surface area (TPSA) is 21.6 Å². The molecule has 22 heavy (non-hydrogen) atoms. The highest BCUT2D eigenvalue weighted by molar-refractivity contribution is 14.1. The SMILES string of the molecule is Ic1ccccc1C=Nc1ccc(Oc2ccccc2)cc1. The number of nitrogens with zero attached hydrogens (tertiary/aromatic N) is 1. The summed E-state index contributed by atoms with van der Waals surface area (Å²) in [7, 11) is 0. The van der Waals surface area contributed by atoms with Gasteiger partial charge in [0, 0.05) is 15.3 Å². The molecule has 0 unspecified atom stereocenters. The van der Waals surface area contributed by atoms with E-state index in [-0.39, 0.29) is 0 Å². The number of para-hydroxylation sites is 1. The first-order chi connectivity index (χ1) is 10.8. The zero-order valence-corrected chi connectivity index (χ0v) is 14.0. The predicted octanol–water partition coefficient (Wildman–Crippen LogP) is 5.83. The molecule has 0 atom stereocenters. The van der Waals surface area contributed by atoms with Gasteiger partial charge in [0.1, 0.15) is 11.5 Å². The molecule has 0 aliphatic rings. The lowest BCUT2D eigenvalue weighted by atomic mass is 10.2. The van der Waals surface area contributed by atoms with Crippen LogP contribution in [0.25, 0.3) is 0 Å². The van der Waals surface area contributed by atoms with Gasteiger partial charge in [0.2, 0.25) is 0 Å². The van der Waals surface area contributed by atoms with Crippen molar-refractivity contribution >= 4 is 34.5 Å². The van der Waals surface area contributed by atoms with Gasteiger partial charge >= 0.3 is 0 Å². The van der Waals surface area contributed by atoms with E-state index in [2.05, 4.69) is 39.7 Å². The lowest BCUT2D eigenvalue weighted by molar-refractivity contribution is 0.483. The first-order valence-corrected chi connectivity index (χ1v) is 8.01. The summed E-state index contributed by atoms with van der Waals surface area (Å²) in [6.45, 7) is 0. The highest BCUT2D eigenvalue weighted by atomic mass is 127. The summed E-state index contributed by atoms with van der Waals surface area (Å²) in [6, 6.07) is 25.7. The quantitative estimate of drug-likeness (QED) is 0.399. The Morgan fingerprint density at radius 1 is 0.727 bits per heavy atom. The van der Waals surface area contributed by atoms with Crippen LogP contribution in [0.5, 0.6) is 11.5 Å². The maximum absolute atomic E-state index is 5.76. The summed E-state index contributed by atoms with van der Waals surface area (Å²) < 4.78 is 6.95. The summed E-state index contributed by atoms with van der Waals surface area (Å²) in [5.74, 6) is 1.64. The first-order valence-electron chi connectivity index (χ1n) is 6.93. The first kappa shape index (κ1) is 14.8. The Kier molecular flexibility index (Phi) is 4.85. The third-order valence-corrected chi connectivity index (χ3v) is 4.06. The van der Waals surface area contributed by atoms with Crippen LogP contribution in [-0.4, -0.2) is 6.21 Å². The standard InChI is InChI=1S/C19H14INO/c20-19-9-5-4-6-15(19)14-21-16-10-12-18(13-11-16)22-17-7-2-1-3-8-17/h1-14H. The van der Waals surface area contributed by atoms with Gasteiger partial charge in [-0.1, -0.05) is 36.4 Å². The van der Waals surface area contributed by atoms with Crippen LogP contribution in [0.1, 0.15) is 5.56 Å². The fourth-order valence-corrected chi connectivity index (χ4v) is 2.48. The molecule has 3 aromatic carbocycles. The van der Waals surface area contributed by atoms with Gasteiger partial charge in [-0.05, 0) is 65.1 Å². The molecule has 0 amide bonds. The zero-order valence-electron chi connectivity index (χ0n) is 11.8. The largest absolute Gasteiger partial charge is 0.457 e. The molecule has 0 radical (unpaired) electrons. The Morgan fingerprint density at radius 2 is 1.36 bits per heavy atom. The van der Waals surface area contributed by atoms with E-state index in [4.69, 9.17) is 4.74 Å². The summed E-state index contributed by atoms with van der Waals surface area (Å²) in [5.41, 5.74) is 2.02. The third kappa shape index (κ3) is 3.95. The maximum atomic E-state index is 5.76. The summed E-state index contributed by atoms with van der Waals surface area (Å²) in [5, 5.41) is 0. The number of hydrogen-bond acceptors (Lipinski definition) is 2. The Labute approximate surface area is 143 Å². The molecule has 0 saturated carbocycles. The number of halogens is 1. The second-order valence-corrected chi connectivity index (χ2v) is 5.85. The molecule has 0 aliphatic heterocycles. The van der Waals surface area contributed by atoms with Gasteiger partial charge in [-0.3, -0.25) is 4.99 Å². The van der Waals surface area contributed by atoms with Crippen LogP contribution in [-0.2, 0) is 0 Å². The van der Waals surface area contributed by atoms with Crippen molar-refractivity contribution in [1.82, 2.24) is 0 Å². The van der Waals surface area contributed by atoms with Crippen molar-refractivity contribution in [2.75, 3.05) is 0 Å². The highest BCUT2D eigenvalue weighted by Crippen LogP contribution is 2.23. The Bertz CT molecular complexity index is 767. The molecular weight excluding hydrogens is 385 g/mol. The van der Waals surface area contributed by atoms with Crippen LogP contribution in [0, 0.1) is 3.57 Å². The van der Waals surface area contributed by atoms with Gasteiger partial charge in [-0.2, -0.15) is 0 Å². The van der Waals surface area contributed by atoms with Gasteiger partial charge < -0.3 is 4.74 Å². The number of benzene rings is 3. The van der Waals surface area contributed by atoms with E-state index in [9.17, 15) is 0 Å². The van der Waals surface area contributed by atoms with Crippen molar-refractivity contribution in [2.24, 2.45) is 4.99 Å². The monoisotopic (exact) mass is 399 g/mol. The van der Waals surface area contributed by atoms with Crippen LogP contribution in [0.15, 0.2) is 83.9 Å². The Morgan fingerprint density at radius 3 is 2.09 bits per heavy atom. The second kappa shape index (κ2) is 7.22. The molecule has 0 spiro atoms. The molecule has 3 rings (SSSR count). The molecule has 0 fully saturated rings. The minimum atomic E-state index is 0.805. The van der Waals surface area contributed by atoms with E-state index in [1.807, 2.05) is 72.9 Å². The Balaban J connectivity index is 1.71.